The molecule has 2 aromatic rings. The SMILES string of the molecule is Brc1ccc2cc(O[C@H]3CCCNC3)ccc2c1. The van der Waals surface area contributed by atoms with Crippen LogP contribution in [-0.4, -0.2) is 19.2 Å². The Morgan fingerprint density at radius 2 is 1.94 bits per heavy atom. The van der Waals surface area contributed by atoms with Crippen LogP contribution in [0.4, 0.5) is 0 Å². The van der Waals surface area contributed by atoms with E-state index in [4.69, 9.17) is 4.74 Å². The van der Waals surface area contributed by atoms with Crippen molar-refractivity contribution in [2.45, 2.75) is 18.9 Å². The van der Waals surface area contributed by atoms with Crippen molar-refractivity contribution in [3.63, 3.8) is 0 Å². The van der Waals surface area contributed by atoms with Crippen LogP contribution in [0.3, 0.4) is 0 Å². The Balaban J connectivity index is 1.82. The third-order valence-corrected chi connectivity index (χ3v) is 3.82. The number of fused-ring (bicyclic) bond motifs is 1. The number of nitrogens with one attached hydrogen (secondary N) is 1. The lowest BCUT2D eigenvalue weighted by molar-refractivity contribution is 0.167. The van der Waals surface area contributed by atoms with E-state index in [0.29, 0.717) is 6.10 Å². The maximum Gasteiger partial charge on any atom is 0.120 e. The van der Waals surface area contributed by atoms with Crippen molar-refractivity contribution in [1.29, 1.82) is 0 Å². The number of hydrogen-bond donors (Lipinski definition) is 1. The number of hydrogen-bond acceptors (Lipinski definition) is 2. The van der Waals surface area contributed by atoms with Gasteiger partial charge in [-0.1, -0.05) is 28.1 Å². The average molecular weight is 306 g/mol. The van der Waals surface area contributed by atoms with Crippen LogP contribution in [0.5, 0.6) is 5.75 Å². The molecule has 0 bridgehead atoms. The summed E-state index contributed by atoms with van der Waals surface area (Å²) in [5.74, 6) is 0.971. The molecule has 1 saturated heterocycles. The third kappa shape index (κ3) is 2.68. The van der Waals surface area contributed by atoms with Crippen molar-refractivity contribution in [3.05, 3.63) is 40.9 Å². The molecule has 0 radical (unpaired) electrons. The number of ether oxygens (including phenoxy) is 1. The fraction of sp³-hybridized carbons (Fsp3) is 0.333. The highest BCUT2D eigenvalue weighted by molar-refractivity contribution is 9.10. The standard InChI is InChI=1S/C15H16BrNO/c16-13-5-3-12-9-14(6-4-11(12)8-13)18-15-2-1-7-17-10-15/h3-6,8-9,15,17H,1-2,7,10H2/t15-/m0/s1. The van der Waals surface area contributed by atoms with E-state index >= 15 is 0 Å². The van der Waals surface area contributed by atoms with E-state index in [0.717, 1.165) is 29.7 Å². The molecule has 0 aromatic heterocycles. The fourth-order valence-electron chi connectivity index (χ4n) is 2.38. The van der Waals surface area contributed by atoms with Crippen molar-refractivity contribution >= 4 is 26.7 Å². The Kier molecular flexibility index (Phi) is 3.52. The molecule has 3 heteroatoms. The van der Waals surface area contributed by atoms with E-state index in [1.807, 2.05) is 0 Å². The lowest BCUT2D eigenvalue weighted by Crippen LogP contribution is -2.37. The van der Waals surface area contributed by atoms with Gasteiger partial charge in [-0.15, -0.1) is 0 Å². The van der Waals surface area contributed by atoms with Crippen molar-refractivity contribution in [2.75, 3.05) is 13.1 Å². The first-order chi connectivity index (χ1) is 8.81. The topological polar surface area (TPSA) is 21.3 Å². The highest BCUT2D eigenvalue weighted by atomic mass is 79.9. The zero-order chi connectivity index (χ0) is 12.4. The number of piperidine rings is 1. The monoisotopic (exact) mass is 305 g/mol. The lowest BCUT2D eigenvalue weighted by atomic mass is 10.1. The number of halogens is 1. The molecule has 1 heterocycles. The van der Waals surface area contributed by atoms with E-state index in [1.54, 1.807) is 0 Å². The van der Waals surface area contributed by atoms with Crippen molar-refractivity contribution in [1.82, 2.24) is 5.32 Å². The molecule has 0 amide bonds. The highest BCUT2D eigenvalue weighted by Gasteiger charge is 2.14. The van der Waals surface area contributed by atoms with Crippen LogP contribution < -0.4 is 10.1 Å². The van der Waals surface area contributed by atoms with Crippen molar-refractivity contribution in [2.24, 2.45) is 0 Å². The second-order valence-corrected chi connectivity index (χ2v) is 5.66. The van der Waals surface area contributed by atoms with Crippen LogP contribution in [0.25, 0.3) is 10.8 Å². The molecular formula is C15H16BrNO. The summed E-state index contributed by atoms with van der Waals surface area (Å²) in [4.78, 5) is 0. The van der Waals surface area contributed by atoms with Crippen LogP contribution in [0.15, 0.2) is 40.9 Å². The van der Waals surface area contributed by atoms with Crippen LogP contribution in [-0.2, 0) is 0 Å². The molecule has 94 valence electrons. The van der Waals surface area contributed by atoms with Crippen LogP contribution in [0.1, 0.15) is 12.8 Å². The molecule has 0 unspecified atom stereocenters. The van der Waals surface area contributed by atoms with E-state index in [2.05, 4.69) is 57.6 Å². The summed E-state index contributed by atoms with van der Waals surface area (Å²) in [6.07, 6.45) is 2.66. The quantitative estimate of drug-likeness (QED) is 0.913. The van der Waals surface area contributed by atoms with Gasteiger partial charge < -0.3 is 10.1 Å². The summed E-state index contributed by atoms with van der Waals surface area (Å²) >= 11 is 3.49. The molecule has 1 atom stereocenters. The zero-order valence-corrected chi connectivity index (χ0v) is 11.7. The highest BCUT2D eigenvalue weighted by Crippen LogP contribution is 2.25. The maximum atomic E-state index is 6.02. The molecule has 3 rings (SSSR count). The Labute approximate surface area is 115 Å². The second-order valence-electron chi connectivity index (χ2n) is 4.74. The van der Waals surface area contributed by atoms with Gasteiger partial charge >= 0.3 is 0 Å². The van der Waals surface area contributed by atoms with E-state index in [1.165, 1.54) is 17.2 Å². The van der Waals surface area contributed by atoms with Gasteiger partial charge in [-0.3, -0.25) is 0 Å². The molecule has 1 fully saturated rings. The summed E-state index contributed by atoms with van der Waals surface area (Å²) in [6, 6.07) is 12.6. The summed E-state index contributed by atoms with van der Waals surface area (Å²) in [6.45, 7) is 2.07. The largest absolute Gasteiger partial charge is 0.489 e. The van der Waals surface area contributed by atoms with Gasteiger partial charge in [-0.25, -0.2) is 0 Å². The Morgan fingerprint density at radius 1 is 1.11 bits per heavy atom. The smallest absolute Gasteiger partial charge is 0.120 e. The Hall–Kier alpha value is -1.06. The molecule has 0 spiro atoms. The van der Waals surface area contributed by atoms with Crippen LogP contribution in [0, 0.1) is 0 Å². The van der Waals surface area contributed by atoms with Gasteiger partial charge in [0.1, 0.15) is 11.9 Å². The average Bonchev–Trinajstić information content (AvgIpc) is 2.40. The Morgan fingerprint density at radius 3 is 2.78 bits per heavy atom. The maximum absolute atomic E-state index is 6.02. The van der Waals surface area contributed by atoms with E-state index in [9.17, 15) is 0 Å². The minimum Gasteiger partial charge on any atom is -0.489 e. The zero-order valence-electron chi connectivity index (χ0n) is 10.2. The first-order valence-electron chi connectivity index (χ1n) is 6.38. The van der Waals surface area contributed by atoms with E-state index in [-0.39, 0.29) is 0 Å². The van der Waals surface area contributed by atoms with Gasteiger partial charge in [0.05, 0.1) is 0 Å². The third-order valence-electron chi connectivity index (χ3n) is 3.33. The van der Waals surface area contributed by atoms with Crippen LogP contribution in [0.2, 0.25) is 0 Å². The van der Waals surface area contributed by atoms with Crippen molar-refractivity contribution < 1.29 is 4.74 Å². The minimum absolute atomic E-state index is 0.312. The predicted octanol–water partition coefficient (Wildman–Crippen LogP) is 3.73. The van der Waals surface area contributed by atoms with Crippen molar-refractivity contribution in [3.8, 4) is 5.75 Å². The molecular weight excluding hydrogens is 290 g/mol. The first kappa shape index (κ1) is 12.0. The summed E-state index contributed by atoms with van der Waals surface area (Å²) in [7, 11) is 0. The predicted molar refractivity (Wildman–Crippen MR) is 78.2 cm³/mol. The van der Waals surface area contributed by atoms with Gasteiger partial charge in [0.2, 0.25) is 0 Å². The molecule has 1 N–H and O–H groups in total. The second kappa shape index (κ2) is 5.29. The number of rotatable bonds is 2. The molecule has 1 aliphatic heterocycles. The fourth-order valence-corrected chi connectivity index (χ4v) is 2.76. The molecule has 1 aliphatic rings. The minimum atomic E-state index is 0.312. The lowest BCUT2D eigenvalue weighted by Gasteiger charge is -2.24. The van der Waals surface area contributed by atoms with Gasteiger partial charge in [0.25, 0.3) is 0 Å². The summed E-state index contributed by atoms with van der Waals surface area (Å²) < 4.78 is 7.13. The van der Waals surface area contributed by atoms with E-state index < -0.39 is 0 Å². The molecule has 2 nitrogen and oxygen atoms in total. The van der Waals surface area contributed by atoms with Gasteiger partial charge in [-0.2, -0.15) is 0 Å². The summed E-state index contributed by atoms with van der Waals surface area (Å²) in [5.41, 5.74) is 0. The summed E-state index contributed by atoms with van der Waals surface area (Å²) in [5, 5.41) is 5.82. The van der Waals surface area contributed by atoms with Gasteiger partial charge in [0, 0.05) is 11.0 Å². The molecule has 2 aromatic carbocycles. The molecule has 0 aliphatic carbocycles. The van der Waals surface area contributed by atoms with Gasteiger partial charge in [0.15, 0.2) is 0 Å². The molecule has 0 saturated carbocycles. The normalized spacial score (nSPS) is 19.9. The Bertz CT molecular complexity index is 549. The van der Waals surface area contributed by atoms with Crippen LogP contribution >= 0.6 is 15.9 Å². The first-order valence-corrected chi connectivity index (χ1v) is 7.17. The van der Waals surface area contributed by atoms with Gasteiger partial charge in [-0.05, 0) is 54.4 Å². The molecule has 18 heavy (non-hydrogen) atoms. The number of benzene rings is 2.